The third-order valence-corrected chi connectivity index (χ3v) is 6.53. The fourth-order valence-electron chi connectivity index (χ4n) is 4.81. The molecular formula is C26H30N2O6. The molecule has 2 aromatic carbocycles. The Hall–Kier alpha value is -3.39. The number of amides is 2. The number of carboxylic acid groups (broad SMARTS) is 1. The van der Waals surface area contributed by atoms with Crippen molar-refractivity contribution in [1.29, 1.82) is 0 Å². The molecule has 8 nitrogen and oxygen atoms in total. The van der Waals surface area contributed by atoms with Gasteiger partial charge in [0.25, 0.3) is 0 Å². The molecule has 0 bridgehead atoms. The molecule has 1 aliphatic carbocycles. The van der Waals surface area contributed by atoms with Gasteiger partial charge in [0.15, 0.2) is 6.10 Å². The average Bonchev–Trinajstić information content (AvgIpc) is 3.44. The molecule has 3 N–H and O–H groups in total. The second-order valence-electron chi connectivity index (χ2n) is 8.73. The highest BCUT2D eigenvalue weighted by Crippen LogP contribution is 2.44. The molecule has 180 valence electrons. The number of carbonyl (C=O) groups excluding carboxylic acids is 2. The highest BCUT2D eigenvalue weighted by atomic mass is 16.5. The second kappa shape index (κ2) is 10.7. The van der Waals surface area contributed by atoms with Crippen molar-refractivity contribution >= 4 is 18.0 Å². The minimum atomic E-state index is -1.03. The SMILES string of the molecule is CCC[C@@H](NC(=O)OCC1c2ccccc2-c2ccccc21)C(=O)NCC1CCOC1C(=O)O. The number of nitrogens with one attached hydrogen (secondary N) is 2. The van der Waals surface area contributed by atoms with Crippen LogP contribution >= 0.6 is 0 Å². The summed E-state index contributed by atoms with van der Waals surface area (Å²) in [5.41, 5.74) is 4.52. The Kier molecular flexibility index (Phi) is 7.47. The minimum Gasteiger partial charge on any atom is -0.479 e. The lowest BCUT2D eigenvalue weighted by Crippen LogP contribution is -2.48. The molecule has 3 atom stereocenters. The standard InChI is InChI=1S/C26H30N2O6/c1-2-7-22(24(29)27-14-16-12-13-33-23(16)25(30)31)28-26(32)34-15-21-19-10-5-3-8-17(19)18-9-4-6-11-20(18)21/h3-6,8-11,16,21-23H,2,7,12-15H2,1H3,(H,27,29)(H,28,32)(H,30,31)/t16?,22-,23?/m1/s1. The maximum Gasteiger partial charge on any atom is 0.407 e. The van der Waals surface area contributed by atoms with Crippen LogP contribution in [-0.2, 0) is 19.1 Å². The van der Waals surface area contributed by atoms with Crippen LogP contribution < -0.4 is 10.6 Å². The van der Waals surface area contributed by atoms with Gasteiger partial charge in [-0.25, -0.2) is 9.59 Å². The zero-order valence-corrected chi connectivity index (χ0v) is 19.2. The van der Waals surface area contributed by atoms with Crippen LogP contribution in [0.3, 0.4) is 0 Å². The van der Waals surface area contributed by atoms with Gasteiger partial charge in [0.1, 0.15) is 12.6 Å². The van der Waals surface area contributed by atoms with Gasteiger partial charge in [-0.3, -0.25) is 4.79 Å². The van der Waals surface area contributed by atoms with Crippen molar-refractivity contribution < 1.29 is 29.0 Å². The first-order chi connectivity index (χ1) is 16.5. The smallest absolute Gasteiger partial charge is 0.407 e. The number of benzene rings is 2. The van der Waals surface area contributed by atoms with E-state index in [0.29, 0.717) is 25.9 Å². The van der Waals surface area contributed by atoms with E-state index in [4.69, 9.17) is 9.47 Å². The molecule has 8 heteroatoms. The fraction of sp³-hybridized carbons (Fsp3) is 0.423. The number of carbonyl (C=O) groups is 3. The van der Waals surface area contributed by atoms with Gasteiger partial charge in [0.05, 0.1) is 0 Å². The number of ether oxygens (including phenoxy) is 2. The number of hydrogen-bond acceptors (Lipinski definition) is 5. The van der Waals surface area contributed by atoms with Gasteiger partial charge in [0.2, 0.25) is 5.91 Å². The Balaban J connectivity index is 1.33. The Morgan fingerprint density at radius 3 is 2.35 bits per heavy atom. The third-order valence-electron chi connectivity index (χ3n) is 6.53. The maximum absolute atomic E-state index is 12.7. The molecule has 4 rings (SSSR count). The van der Waals surface area contributed by atoms with Crippen molar-refractivity contribution in [3.05, 3.63) is 59.7 Å². The summed E-state index contributed by atoms with van der Waals surface area (Å²) >= 11 is 0. The van der Waals surface area contributed by atoms with Crippen molar-refractivity contribution in [2.75, 3.05) is 19.8 Å². The van der Waals surface area contributed by atoms with Crippen molar-refractivity contribution in [3.8, 4) is 11.1 Å². The first kappa shape index (κ1) is 23.8. The normalized spacial score (nSPS) is 19.7. The summed E-state index contributed by atoms with van der Waals surface area (Å²) in [5, 5.41) is 14.7. The largest absolute Gasteiger partial charge is 0.479 e. The quantitative estimate of drug-likeness (QED) is 0.523. The summed E-state index contributed by atoms with van der Waals surface area (Å²) in [5.74, 6) is -1.74. The molecule has 1 heterocycles. The summed E-state index contributed by atoms with van der Waals surface area (Å²) in [6.07, 6.45) is 0.129. The number of aliphatic carboxylic acids is 1. The molecule has 0 spiro atoms. The van der Waals surface area contributed by atoms with Crippen molar-refractivity contribution in [3.63, 3.8) is 0 Å². The molecule has 34 heavy (non-hydrogen) atoms. The molecule has 0 saturated carbocycles. The predicted octanol–water partition coefficient (Wildman–Crippen LogP) is 3.30. The highest BCUT2D eigenvalue weighted by Gasteiger charge is 2.35. The van der Waals surface area contributed by atoms with E-state index in [9.17, 15) is 19.5 Å². The van der Waals surface area contributed by atoms with Gasteiger partial charge in [-0.15, -0.1) is 0 Å². The number of fused-ring (bicyclic) bond motifs is 3. The van der Waals surface area contributed by atoms with Gasteiger partial charge >= 0.3 is 12.1 Å². The molecular weight excluding hydrogens is 436 g/mol. The Morgan fingerprint density at radius 1 is 1.09 bits per heavy atom. The van der Waals surface area contributed by atoms with Gasteiger partial charge in [0, 0.05) is 25.0 Å². The molecule has 0 aromatic heterocycles. The monoisotopic (exact) mass is 466 g/mol. The van der Waals surface area contributed by atoms with Crippen molar-refractivity contribution in [1.82, 2.24) is 10.6 Å². The fourth-order valence-corrected chi connectivity index (χ4v) is 4.81. The van der Waals surface area contributed by atoms with Crippen LogP contribution in [0.15, 0.2) is 48.5 Å². The van der Waals surface area contributed by atoms with Crippen molar-refractivity contribution in [2.45, 2.75) is 44.2 Å². The summed E-state index contributed by atoms with van der Waals surface area (Å²) in [6, 6.07) is 15.4. The molecule has 0 radical (unpaired) electrons. The molecule has 1 aliphatic heterocycles. The van der Waals surface area contributed by atoms with Crippen LogP contribution in [0.1, 0.15) is 43.2 Å². The van der Waals surface area contributed by atoms with Crippen LogP contribution in [-0.4, -0.2) is 55.0 Å². The Bertz CT molecular complexity index is 1010. The van der Waals surface area contributed by atoms with Gasteiger partial charge in [-0.05, 0) is 35.1 Å². The molecule has 2 aliphatic rings. The Labute approximate surface area is 198 Å². The second-order valence-corrected chi connectivity index (χ2v) is 8.73. The lowest BCUT2D eigenvalue weighted by molar-refractivity contribution is -0.149. The lowest BCUT2D eigenvalue weighted by atomic mass is 9.98. The number of carboxylic acids is 1. The molecule has 2 aromatic rings. The van der Waals surface area contributed by atoms with E-state index in [-0.39, 0.29) is 30.9 Å². The third kappa shape index (κ3) is 5.07. The first-order valence-corrected chi connectivity index (χ1v) is 11.7. The maximum atomic E-state index is 12.7. The molecule has 1 fully saturated rings. The topological polar surface area (TPSA) is 114 Å². The summed E-state index contributed by atoms with van der Waals surface area (Å²) in [6.45, 7) is 2.63. The van der Waals surface area contributed by atoms with E-state index >= 15 is 0 Å². The van der Waals surface area contributed by atoms with Gasteiger partial charge in [-0.2, -0.15) is 0 Å². The van der Waals surface area contributed by atoms with Crippen LogP contribution in [0, 0.1) is 5.92 Å². The highest BCUT2D eigenvalue weighted by molar-refractivity contribution is 5.86. The molecule has 2 amide bonds. The first-order valence-electron chi connectivity index (χ1n) is 11.7. The van der Waals surface area contributed by atoms with E-state index in [2.05, 4.69) is 22.8 Å². The zero-order chi connectivity index (χ0) is 24.1. The van der Waals surface area contributed by atoms with E-state index in [1.807, 2.05) is 43.3 Å². The summed E-state index contributed by atoms with van der Waals surface area (Å²) in [7, 11) is 0. The lowest BCUT2D eigenvalue weighted by Gasteiger charge is -2.21. The number of alkyl carbamates (subject to hydrolysis) is 1. The van der Waals surface area contributed by atoms with E-state index in [0.717, 1.165) is 22.3 Å². The molecule has 2 unspecified atom stereocenters. The summed E-state index contributed by atoms with van der Waals surface area (Å²) in [4.78, 5) is 36.6. The van der Waals surface area contributed by atoms with E-state index in [1.165, 1.54) is 0 Å². The van der Waals surface area contributed by atoms with Crippen LogP contribution in [0.25, 0.3) is 11.1 Å². The van der Waals surface area contributed by atoms with Crippen LogP contribution in [0.5, 0.6) is 0 Å². The zero-order valence-electron chi connectivity index (χ0n) is 19.2. The average molecular weight is 467 g/mol. The predicted molar refractivity (Wildman–Crippen MR) is 125 cm³/mol. The van der Waals surface area contributed by atoms with Gasteiger partial charge < -0.3 is 25.2 Å². The van der Waals surface area contributed by atoms with Crippen LogP contribution in [0.2, 0.25) is 0 Å². The Morgan fingerprint density at radius 2 is 1.74 bits per heavy atom. The van der Waals surface area contributed by atoms with E-state index < -0.39 is 24.2 Å². The van der Waals surface area contributed by atoms with Gasteiger partial charge in [-0.1, -0.05) is 61.9 Å². The number of rotatable bonds is 9. The van der Waals surface area contributed by atoms with Crippen LogP contribution in [0.4, 0.5) is 4.79 Å². The van der Waals surface area contributed by atoms with E-state index in [1.54, 1.807) is 0 Å². The van der Waals surface area contributed by atoms with Crippen molar-refractivity contribution in [2.24, 2.45) is 5.92 Å². The minimum absolute atomic E-state index is 0.0630. The molecule has 1 saturated heterocycles. The summed E-state index contributed by atoms with van der Waals surface area (Å²) < 4.78 is 10.8. The number of hydrogen-bond donors (Lipinski definition) is 3.